The number of aromatic hydroxyl groups is 1. The summed E-state index contributed by atoms with van der Waals surface area (Å²) in [6.07, 6.45) is -1.47. The third-order valence-corrected chi connectivity index (χ3v) is 4.82. The number of benzene rings is 1. The van der Waals surface area contributed by atoms with Crippen LogP contribution in [0.5, 0.6) is 5.75 Å². The summed E-state index contributed by atoms with van der Waals surface area (Å²) in [7, 11) is 0. The Labute approximate surface area is 200 Å². The number of phenols is 1. The average molecular weight is 498 g/mol. The Balaban J connectivity index is 3.03. The first kappa shape index (κ1) is 29.3. The van der Waals surface area contributed by atoms with Crippen molar-refractivity contribution in [2.45, 2.75) is 50.5 Å². The number of amides is 4. The van der Waals surface area contributed by atoms with Crippen LogP contribution in [-0.2, 0) is 30.4 Å². The zero-order chi connectivity index (χ0) is 26.7. The Kier molecular flexibility index (Phi) is 11.6. The van der Waals surface area contributed by atoms with Gasteiger partial charge in [-0.15, -0.1) is 0 Å². The predicted molar refractivity (Wildman–Crippen MR) is 121 cm³/mol. The molecule has 0 bridgehead atoms. The Morgan fingerprint density at radius 2 is 1.43 bits per heavy atom. The van der Waals surface area contributed by atoms with Gasteiger partial charge >= 0.3 is 5.97 Å². The Hall–Kier alpha value is -3.75. The van der Waals surface area contributed by atoms with Crippen LogP contribution in [0.2, 0.25) is 0 Å². The summed E-state index contributed by atoms with van der Waals surface area (Å²) >= 11 is 0. The molecule has 14 heteroatoms. The highest BCUT2D eigenvalue weighted by molar-refractivity contribution is 5.95. The van der Waals surface area contributed by atoms with E-state index in [9.17, 15) is 39.3 Å². The molecule has 0 radical (unpaired) electrons. The molecule has 0 aliphatic rings. The zero-order valence-corrected chi connectivity index (χ0v) is 19.2. The topological polar surface area (TPSA) is 240 Å². The molecule has 0 aliphatic heterocycles. The second-order valence-corrected chi connectivity index (χ2v) is 7.73. The second-order valence-electron chi connectivity index (χ2n) is 7.73. The van der Waals surface area contributed by atoms with Gasteiger partial charge in [0.25, 0.3) is 0 Å². The molecular formula is C21H31N5O9. The van der Waals surface area contributed by atoms with Gasteiger partial charge in [0.15, 0.2) is 0 Å². The fourth-order valence-corrected chi connectivity index (χ4v) is 2.82. The summed E-state index contributed by atoms with van der Waals surface area (Å²) in [6.45, 7) is 1.09. The van der Waals surface area contributed by atoms with Crippen LogP contribution in [0.3, 0.4) is 0 Å². The number of hydrogen-bond acceptors (Lipinski definition) is 9. The van der Waals surface area contributed by atoms with E-state index in [-0.39, 0.29) is 12.2 Å². The number of carbonyl (C=O) groups is 5. The van der Waals surface area contributed by atoms with Gasteiger partial charge in [0.2, 0.25) is 23.6 Å². The van der Waals surface area contributed by atoms with E-state index in [0.717, 1.165) is 0 Å². The lowest BCUT2D eigenvalue weighted by Gasteiger charge is -2.25. The maximum Gasteiger partial charge on any atom is 0.325 e. The number of carbonyl (C=O) groups excluding carboxylic acids is 4. The molecule has 0 saturated heterocycles. The normalized spacial score (nSPS) is 15.0. The standard InChI is InChI=1S/C21H31N5O9/c1-10(21(34)35)23-18(31)14(7-12-3-5-13(29)6-4-12)24-19(32)15(9-27)25-20(33)17(11(2)28)26-16(30)8-22/h3-6,10-11,14-15,17,27-29H,7-9,22H2,1-2H3,(H,23,31)(H,24,32)(H,25,33)(H,26,30)(H,34,35)/t10-,11+,14-,15-,17-/m0/s1. The largest absolute Gasteiger partial charge is 0.508 e. The quantitative estimate of drug-likeness (QED) is 0.129. The molecule has 0 aliphatic carbocycles. The molecule has 4 amide bonds. The fraction of sp³-hybridized carbons (Fsp3) is 0.476. The van der Waals surface area contributed by atoms with Crippen LogP contribution in [0.4, 0.5) is 0 Å². The molecule has 14 nitrogen and oxygen atoms in total. The molecule has 5 atom stereocenters. The number of hydrogen-bond donors (Lipinski definition) is 9. The van der Waals surface area contributed by atoms with Crippen molar-refractivity contribution in [1.82, 2.24) is 21.3 Å². The summed E-state index contributed by atoms with van der Waals surface area (Å²) in [5.41, 5.74) is 5.69. The number of nitrogens with two attached hydrogens (primary N) is 1. The molecule has 0 saturated carbocycles. The smallest absolute Gasteiger partial charge is 0.325 e. The summed E-state index contributed by atoms with van der Waals surface area (Å²) in [6, 6.07) is 0.0499. The number of nitrogens with one attached hydrogen (secondary N) is 4. The highest BCUT2D eigenvalue weighted by atomic mass is 16.4. The number of aliphatic hydroxyl groups excluding tert-OH is 2. The number of phenolic OH excluding ortho intramolecular Hbond substituents is 1. The van der Waals surface area contributed by atoms with Crippen molar-refractivity contribution in [2.24, 2.45) is 5.73 Å². The van der Waals surface area contributed by atoms with E-state index < -0.39 is 73.0 Å². The molecule has 0 fully saturated rings. The summed E-state index contributed by atoms with van der Waals surface area (Å²) < 4.78 is 0. The van der Waals surface area contributed by atoms with Crippen LogP contribution in [0.1, 0.15) is 19.4 Å². The van der Waals surface area contributed by atoms with Gasteiger partial charge in [0, 0.05) is 6.42 Å². The van der Waals surface area contributed by atoms with Gasteiger partial charge < -0.3 is 47.4 Å². The van der Waals surface area contributed by atoms with Crippen molar-refractivity contribution >= 4 is 29.6 Å². The lowest BCUT2D eigenvalue weighted by molar-refractivity contribution is -0.141. The van der Waals surface area contributed by atoms with Gasteiger partial charge in [-0.2, -0.15) is 0 Å². The third-order valence-electron chi connectivity index (χ3n) is 4.82. The fourth-order valence-electron chi connectivity index (χ4n) is 2.82. The lowest BCUT2D eigenvalue weighted by atomic mass is 10.0. The molecule has 194 valence electrons. The minimum absolute atomic E-state index is 0.0317. The van der Waals surface area contributed by atoms with Crippen LogP contribution in [0.15, 0.2) is 24.3 Å². The Morgan fingerprint density at radius 1 is 0.886 bits per heavy atom. The van der Waals surface area contributed by atoms with E-state index >= 15 is 0 Å². The van der Waals surface area contributed by atoms with E-state index in [0.29, 0.717) is 5.56 Å². The molecule has 35 heavy (non-hydrogen) atoms. The molecule has 0 unspecified atom stereocenters. The summed E-state index contributed by atoms with van der Waals surface area (Å²) in [5, 5.41) is 46.8. The molecule has 1 rings (SSSR count). The maximum absolute atomic E-state index is 12.8. The summed E-state index contributed by atoms with van der Waals surface area (Å²) in [5.74, 6) is -4.91. The van der Waals surface area contributed by atoms with E-state index in [1.54, 1.807) is 0 Å². The predicted octanol–water partition coefficient (Wildman–Crippen LogP) is -3.69. The highest BCUT2D eigenvalue weighted by Crippen LogP contribution is 2.12. The Bertz CT molecular complexity index is 907. The lowest BCUT2D eigenvalue weighted by Crippen LogP contribution is -2.60. The van der Waals surface area contributed by atoms with Crippen LogP contribution >= 0.6 is 0 Å². The third kappa shape index (κ3) is 9.56. The van der Waals surface area contributed by atoms with E-state index in [1.807, 2.05) is 0 Å². The first-order valence-electron chi connectivity index (χ1n) is 10.6. The maximum atomic E-state index is 12.8. The zero-order valence-electron chi connectivity index (χ0n) is 19.2. The molecule has 0 spiro atoms. The van der Waals surface area contributed by atoms with Gasteiger partial charge in [-0.25, -0.2) is 0 Å². The van der Waals surface area contributed by atoms with Crippen LogP contribution in [0.25, 0.3) is 0 Å². The second kappa shape index (κ2) is 13.8. The van der Waals surface area contributed by atoms with Crippen molar-refractivity contribution in [3.8, 4) is 5.75 Å². The molecular weight excluding hydrogens is 466 g/mol. The van der Waals surface area contributed by atoms with Crippen molar-refractivity contribution in [3.63, 3.8) is 0 Å². The van der Waals surface area contributed by atoms with Gasteiger partial charge in [-0.05, 0) is 31.5 Å². The first-order chi connectivity index (χ1) is 16.4. The number of aliphatic carboxylic acids is 1. The minimum Gasteiger partial charge on any atom is -0.508 e. The van der Waals surface area contributed by atoms with Crippen molar-refractivity contribution in [1.29, 1.82) is 0 Å². The van der Waals surface area contributed by atoms with Gasteiger partial charge in [0.05, 0.1) is 19.3 Å². The highest BCUT2D eigenvalue weighted by Gasteiger charge is 2.31. The van der Waals surface area contributed by atoms with E-state index in [1.165, 1.54) is 38.1 Å². The van der Waals surface area contributed by atoms with Gasteiger partial charge in [0.1, 0.15) is 29.9 Å². The van der Waals surface area contributed by atoms with Crippen molar-refractivity contribution < 1.29 is 44.4 Å². The molecule has 1 aromatic rings. The molecule has 0 heterocycles. The monoisotopic (exact) mass is 497 g/mol. The SMILES string of the molecule is C[C@H](NC(=O)[C@H](Cc1ccc(O)cc1)NC(=O)[C@H](CO)NC(=O)[C@@H](NC(=O)CN)[C@@H](C)O)C(=O)O. The average Bonchev–Trinajstić information content (AvgIpc) is 2.80. The Morgan fingerprint density at radius 3 is 1.91 bits per heavy atom. The number of aliphatic hydroxyl groups is 2. The molecule has 1 aromatic carbocycles. The van der Waals surface area contributed by atoms with Crippen LogP contribution in [-0.4, -0.2) is 93.4 Å². The molecule has 10 N–H and O–H groups in total. The van der Waals surface area contributed by atoms with Crippen molar-refractivity contribution in [3.05, 3.63) is 29.8 Å². The van der Waals surface area contributed by atoms with Crippen LogP contribution in [0, 0.1) is 0 Å². The van der Waals surface area contributed by atoms with Crippen LogP contribution < -0.4 is 27.0 Å². The number of rotatable bonds is 13. The minimum atomic E-state index is -1.58. The van der Waals surface area contributed by atoms with Crippen molar-refractivity contribution in [2.75, 3.05) is 13.2 Å². The number of carboxylic acid groups (broad SMARTS) is 1. The van der Waals surface area contributed by atoms with Gasteiger partial charge in [-0.1, -0.05) is 12.1 Å². The number of carboxylic acids is 1. The summed E-state index contributed by atoms with van der Waals surface area (Å²) in [4.78, 5) is 60.5. The van der Waals surface area contributed by atoms with Gasteiger partial charge in [-0.3, -0.25) is 24.0 Å². The van der Waals surface area contributed by atoms with E-state index in [2.05, 4.69) is 21.3 Å². The molecule has 0 aromatic heterocycles. The van der Waals surface area contributed by atoms with E-state index in [4.69, 9.17) is 10.8 Å². The first-order valence-corrected chi connectivity index (χ1v) is 10.6.